The van der Waals surface area contributed by atoms with Crippen molar-refractivity contribution in [3.05, 3.63) is 35.5 Å². The molecule has 0 aromatic carbocycles. The second kappa shape index (κ2) is 17.1. The standard InChI is InChI=1S/C29H54O3/c1-23(2)14-11-17-26(7)20-30-29(10,31-21-27(8)18-12-15-24(3)4)32-22-28(9)19-13-16-25(5)6/h20-25H,11-19H2,1-10H3. The fourth-order valence-corrected chi connectivity index (χ4v) is 3.25. The van der Waals surface area contributed by atoms with Crippen LogP contribution in [0.4, 0.5) is 0 Å². The first kappa shape index (κ1) is 30.6. The molecule has 0 fully saturated rings. The molecule has 188 valence electrons. The van der Waals surface area contributed by atoms with Gasteiger partial charge in [-0.25, -0.2) is 0 Å². The van der Waals surface area contributed by atoms with Gasteiger partial charge in [0.05, 0.1) is 25.7 Å². The van der Waals surface area contributed by atoms with Gasteiger partial charge < -0.3 is 14.2 Å². The van der Waals surface area contributed by atoms with Gasteiger partial charge in [-0.1, -0.05) is 60.8 Å². The summed E-state index contributed by atoms with van der Waals surface area (Å²) in [6.45, 7) is 21.8. The normalized spacial score (nSPS) is 15.5. The Kier molecular flexibility index (Phi) is 16.4. The van der Waals surface area contributed by atoms with Crippen LogP contribution in [0.2, 0.25) is 0 Å². The van der Waals surface area contributed by atoms with Gasteiger partial charge in [0, 0.05) is 0 Å². The predicted molar refractivity (Wildman–Crippen MR) is 139 cm³/mol. The van der Waals surface area contributed by atoms with Crippen LogP contribution in [0.3, 0.4) is 0 Å². The zero-order chi connectivity index (χ0) is 24.6. The van der Waals surface area contributed by atoms with Crippen LogP contribution in [-0.4, -0.2) is 5.97 Å². The van der Waals surface area contributed by atoms with Gasteiger partial charge >= 0.3 is 5.97 Å². The molecule has 0 aromatic rings. The molecule has 0 unspecified atom stereocenters. The molecule has 0 saturated carbocycles. The molecule has 0 aliphatic rings. The molecule has 0 amide bonds. The van der Waals surface area contributed by atoms with Crippen molar-refractivity contribution in [3.63, 3.8) is 0 Å². The first-order valence-corrected chi connectivity index (χ1v) is 12.9. The Bertz CT molecular complexity index is 488. The predicted octanol–water partition coefficient (Wildman–Crippen LogP) is 9.90. The highest BCUT2D eigenvalue weighted by Crippen LogP contribution is 2.22. The van der Waals surface area contributed by atoms with Crippen LogP contribution in [0, 0.1) is 17.8 Å². The lowest BCUT2D eigenvalue weighted by Crippen LogP contribution is -2.31. The third-order valence-corrected chi connectivity index (χ3v) is 5.48. The van der Waals surface area contributed by atoms with Gasteiger partial charge in [-0.2, -0.15) is 0 Å². The lowest BCUT2D eigenvalue weighted by atomic mass is 10.0. The maximum atomic E-state index is 6.04. The highest BCUT2D eigenvalue weighted by Gasteiger charge is 2.28. The SMILES string of the molecule is CC(=COC(C)(OC=C(C)CCCC(C)C)OC=C(C)CCCC(C)C)CCCC(C)C. The maximum absolute atomic E-state index is 6.04. The van der Waals surface area contributed by atoms with E-state index in [-0.39, 0.29) is 0 Å². The summed E-state index contributed by atoms with van der Waals surface area (Å²) in [5.41, 5.74) is 3.62. The van der Waals surface area contributed by atoms with Crippen LogP contribution in [0.25, 0.3) is 0 Å². The zero-order valence-electron chi connectivity index (χ0n) is 23.1. The molecule has 32 heavy (non-hydrogen) atoms. The third-order valence-electron chi connectivity index (χ3n) is 5.48. The van der Waals surface area contributed by atoms with Gasteiger partial charge in [-0.3, -0.25) is 0 Å². The van der Waals surface area contributed by atoms with E-state index in [4.69, 9.17) is 14.2 Å². The minimum Gasteiger partial charge on any atom is -0.429 e. The Balaban J connectivity index is 5.05. The fourth-order valence-electron chi connectivity index (χ4n) is 3.25. The van der Waals surface area contributed by atoms with Gasteiger partial charge in [0.2, 0.25) is 0 Å². The number of hydrogen-bond acceptors (Lipinski definition) is 3. The molecule has 3 nitrogen and oxygen atoms in total. The summed E-state index contributed by atoms with van der Waals surface area (Å²) < 4.78 is 18.1. The van der Waals surface area contributed by atoms with Gasteiger partial charge in [-0.05, 0) is 93.8 Å². The second-order valence-electron chi connectivity index (χ2n) is 11.0. The average molecular weight is 451 g/mol. The molecule has 0 N–H and O–H groups in total. The van der Waals surface area contributed by atoms with E-state index >= 15 is 0 Å². The lowest BCUT2D eigenvalue weighted by Gasteiger charge is -2.27. The van der Waals surface area contributed by atoms with E-state index in [0.29, 0.717) is 0 Å². The molecule has 0 heterocycles. The molecule has 3 heteroatoms. The van der Waals surface area contributed by atoms with Crippen LogP contribution < -0.4 is 0 Å². The highest BCUT2D eigenvalue weighted by molar-refractivity contribution is 4.97. The van der Waals surface area contributed by atoms with Crippen LogP contribution in [0.15, 0.2) is 35.5 Å². The Morgan fingerprint density at radius 3 is 1.03 bits per heavy atom. The van der Waals surface area contributed by atoms with Gasteiger partial charge in [0.15, 0.2) is 0 Å². The maximum Gasteiger partial charge on any atom is 0.412 e. The van der Waals surface area contributed by atoms with Crippen molar-refractivity contribution in [2.75, 3.05) is 0 Å². The van der Waals surface area contributed by atoms with Crippen molar-refractivity contribution in [3.8, 4) is 0 Å². The van der Waals surface area contributed by atoms with Gasteiger partial charge in [0.25, 0.3) is 0 Å². The molecule has 0 aliphatic heterocycles. The topological polar surface area (TPSA) is 27.7 Å². The Morgan fingerprint density at radius 2 is 0.812 bits per heavy atom. The largest absolute Gasteiger partial charge is 0.429 e. The van der Waals surface area contributed by atoms with Gasteiger partial charge in [0.1, 0.15) is 0 Å². The van der Waals surface area contributed by atoms with E-state index < -0.39 is 5.97 Å². The molecule has 0 atom stereocenters. The molecule has 0 aliphatic carbocycles. The molecular formula is C29H54O3. The molecule has 0 rings (SSSR count). The minimum absolute atomic E-state index is 0.730. The van der Waals surface area contributed by atoms with Crippen LogP contribution in [0.5, 0.6) is 0 Å². The highest BCUT2D eigenvalue weighted by atomic mass is 16.9. The van der Waals surface area contributed by atoms with Crippen molar-refractivity contribution >= 4 is 0 Å². The van der Waals surface area contributed by atoms with Crippen LogP contribution >= 0.6 is 0 Å². The zero-order valence-corrected chi connectivity index (χ0v) is 23.1. The van der Waals surface area contributed by atoms with E-state index in [0.717, 1.165) is 37.0 Å². The number of hydrogen-bond donors (Lipinski definition) is 0. The number of rotatable bonds is 18. The smallest absolute Gasteiger partial charge is 0.412 e. The summed E-state index contributed by atoms with van der Waals surface area (Å²) in [5.74, 6) is 1.02. The van der Waals surface area contributed by atoms with Crippen molar-refractivity contribution in [1.29, 1.82) is 0 Å². The first-order valence-electron chi connectivity index (χ1n) is 12.9. The molecular weight excluding hydrogens is 396 g/mol. The Labute approximate surface area is 200 Å². The third kappa shape index (κ3) is 18.2. The van der Waals surface area contributed by atoms with Crippen molar-refractivity contribution < 1.29 is 14.2 Å². The summed E-state index contributed by atoms with van der Waals surface area (Å²) in [7, 11) is 0. The number of allylic oxidation sites excluding steroid dienone is 3. The van der Waals surface area contributed by atoms with Crippen LogP contribution in [-0.2, 0) is 14.2 Å². The van der Waals surface area contributed by atoms with Gasteiger partial charge in [-0.15, -0.1) is 0 Å². The van der Waals surface area contributed by atoms with E-state index in [2.05, 4.69) is 62.3 Å². The fraction of sp³-hybridized carbons (Fsp3) is 0.793. The molecule has 0 bridgehead atoms. The Hall–Kier alpha value is -1.38. The second-order valence-corrected chi connectivity index (χ2v) is 11.0. The van der Waals surface area contributed by atoms with E-state index in [1.807, 2.05) is 25.7 Å². The lowest BCUT2D eigenvalue weighted by molar-refractivity contribution is -0.306. The summed E-state index contributed by atoms with van der Waals surface area (Å²) >= 11 is 0. The van der Waals surface area contributed by atoms with E-state index in [9.17, 15) is 0 Å². The van der Waals surface area contributed by atoms with Crippen molar-refractivity contribution in [2.45, 2.75) is 133 Å². The molecule has 0 radical (unpaired) electrons. The number of ether oxygens (including phenoxy) is 3. The summed E-state index contributed by atoms with van der Waals surface area (Å²) in [5, 5.41) is 0. The van der Waals surface area contributed by atoms with Crippen molar-refractivity contribution in [1.82, 2.24) is 0 Å². The summed E-state index contributed by atoms with van der Waals surface area (Å²) in [6, 6.07) is 0. The molecule has 0 saturated heterocycles. The summed E-state index contributed by atoms with van der Waals surface area (Å²) in [4.78, 5) is 0. The van der Waals surface area contributed by atoms with E-state index in [1.54, 1.807) is 0 Å². The molecule has 0 spiro atoms. The van der Waals surface area contributed by atoms with Crippen molar-refractivity contribution in [2.24, 2.45) is 17.8 Å². The quantitative estimate of drug-likeness (QED) is 0.153. The molecule has 0 aromatic heterocycles. The first-order chi connectivity index (χ1) is 14.9. The summed E-state index contributed by atoms with van der Waals surface area (Å²) in [6.07, 6.45) is 15.7. The Morgan fingerprint density at radius 1 is 0.562 bits per heavy atom. The minimum atomic E-state index is -1.17. The van der Waals surface area contributed by atoms with Crippen LogP contribution in [0.1, 0.15) is 127 Å². The monoisotopic (exact) mass is 450 g/mol. The average Bonchev–Trinajstić information content (AvgIpc) is 2.69. The van der Waals surface area contributed by atoms with E-state index in [1.165, 1.54) is 55.2 Å².